The molecule has 19 atom stereocenters. The van der Waals surface area contributed by atoms with Gasteiger partial charge in [-0.1, -0.05) is 146 Å². The van der Waals surface area contributed by atoms with E-state index in [4.69, 9.17) is 4.74 Å². The molecule has 14 rings (SSSR count). The Bertz CT molecular complexity index is 3680. The topological polar surface area (TPSA) is 162 Å². The summed E-state index contributed by atoms with van der Waals surface area (Å²) in [5.41, 5.74) is 5.51. The lowest BCUT2D eigenvalue weighted by atomic mass is 9.32. The summed E-state index contributed by atoms with van der Waals surface area (Å²) in [6.07, 6.45) is 34.3. The molecule has 9 saturated carbocycles. The van der Waals surface area contributed by atoms with Gasteiger partial charge in [0, 0.05) is 71.5 Å². The summed E-state index contributed by atoms with van der Waals surface area (Å²) >= 11 is 0. The summed E-state index contributed by atoms with van der Waals surface area (Å²) in [7, 11) is -7.08. The molecule has 0 spiro atoms. The third-order valence-electron chi connectivity index (χ3n) is 37.1. The van der Waals surface area contributed by atoms with E-state index in [1.807, 2.05) is 0 Å². The fourth-order valence-corrected chi connectivity index (χ4v) is 33.8. The van der Waals surface area contributed by atoms with Crippen LogP contribution in [0.5, 0.6) is 0 Å². The highest BCUT2D eigenvalue weighted by molar-refractivity contribution is 7.91. The van der Waals surface area contributed by atoms with E-state index in [2.05, 4.69) is 155 Å². The number of aliphatic carboxylic acids is 1. The van der Waals surface area contributed by atoms with Gasteiger partial charge in [-0.05, 0) is 299 Å². The first-order chi connectivity index (χ1) is 50.4. The van der Waals surface area contributed by atoms with Gasteiger partial charge < -0.3 is 30.3 Å². The third-order valence-corrected chi connectivity index (χ3v) is 42.1. The number of esters is 1. The van der Waals surface area contributed by atoms with Crippen molar-refractivity contribution < 1.29 is 45.0 Å². The molecule has 2 heterocycles. The summed E-state index contributed by atoms with van der Waals surface area (Å²) in [4.78, 5) is 30.0. The van der Waals surface area contributed by atoms with Crippen LogP contribution in [0.1, 0.15) is 258 Å². The van der Waals surface area contributed by atoms with Crippen LogP contribution in [0.3, 0.4) is 0 Å². The van der Waals surface area contributed by atoms with Gasteiger partial charge in [-0.25, -0.2) is 25.6 Å². The number of hydrogen-bond acceptors (Lipinski definition) is 11. The molecule has 12 aliphatic carbocycles. The molecule has 12 nitrogen and oxygen atoms in total. The molecule has 2 saturated heterocycles. The zero-order valence-corrected chi connectivity index (χ0v) is 73.3. The molecule has 0 amide bonds. The molecular formula is C92H154F2N4O8S2Si. The lowest BCUT2D eigenvalue weighted by Crippen LogP contribution is -2.68. The second-order valence-corrected chi connectivity index (χ2v) is 54.1. The predicted octanol–water partition coefficient (Wildman–Crippen LogP) is 19.4. The Kier molecular flexibility index (Phi) is 24.1. The molecule has 17 heteroatoms. The number of carboxylic acids is 1. The Morgan fingerprint density at radius 3 is 1.53 bits per heavy atom. The van der Waals surface area contributed by atoms with Crippen LogP contribution in [0, 0.1) is 125 Å². The number of fused-ring (bicyclic) bond motifs is 14. The highest BCUT2D eigenvalue weighted by Gasteiger charge is 2.73. The lowest BCUT2D eigenvalue weighted by molar-refractivity contribution is -0.223. The van der Waals surface area contributed by atoms with Crippen molar-refractivity contribution in [3.63, 3.8) is 0 Å². The van der Waals surface area contributed by atoms with Gasteiger partial charge in [0.15, 0.2) is 19.7 Å². The van der Waals surface area contributed by atoms with Crippen molar-refractivity contribution in [1.29, 1.82) is 0 Å². The number of halogens is 2. The second kappa shape index (κ2) is 30.6. The number of hydrogen-bond donors (Lipinski definition) is 3. The van der Waals surface area contributed by atoms with Gasteiger partial charge in [0.05, 0.1) is 40.4 Å². The van der Waals surface area contributed by atoms with Crippen LogP contribution < -0.4 is 10.6 Å². The molecule has 0 bridgehead atoms. The van der Waals surface area contributed by atoms with E-state index in [0.717, 1.165) is 76.2 Å². The number of ether oxygens (including phenoxy) is 1. The van der Waals surface area contributed by atoms with E-state index in [0.29, 0.717) is 151 Å². The van der Waals surface area contributed by atoms with Crippen molar-refractivity contribution in [2.24, 2.45) is 125 Å². The average Bonchev–Trinajstić information content (AvgIpc) is 0.896. The van der Waals surface area contributed by atoms with E-state index < -0.39 is 57.9 Å². The van der Waals surface area contributed by atoms with E-state index in [9.17, 15) is 40.3 Å². The monoisotopic (exact) mass is 1570 g/mol. The van der Waals surface area contributed by atoms with Crippen molar-refractivity contribution >= 4 is 39.7 Å². The zero-order chi connectivity index (χ0) is 78.3. The molecule has 14 aliphatic rings. The molecule has 11 fully saturated rings. The minimum Gasteiger partial charge on any atom is -0.481 e. The number of carbonyl (C=O) groups excluding carboxylic acids is 1. The maximum absolute atomic E-state index is 14.7. The highest BCUT2D eigenvalue weighted by Crippen LogP contribution is 2.79. The van der Waals surface area contributed by atoms with Gasteiger partial charge in [0.2, 0.25) is 0 Å². The first-order valence-electron chi connectivity index (χ1n) is 44.1. The second-order valence-electron chi connectivity index (χ2n) is 43.9. The van der Waals surface area contributed by atoms with Crippen molar-refractivity contribution in [2.75, 3.05) is 95.3 Å². The number of carbonyl (C=O) groups is 2. The molecule has 0 unspecified atom stereocenters. The molecule has 0 aromatic heterocycles. The fraction of sp³-hybridized carbons (Fsp3) is 0.891. The van der Waals surface area contributed by atoms with Crippen LogP contribution in [0.15, 0.2) is 47.1 Å². The van der Waals surface area contributed by atoms with E-state index in [-0.39, 0.29) is 57.0 Å². The van der Waals surface area contributed by atoms with Crippen LogP contribution in [0.2, 0.25) is 25.7 Å². The summed E-state index contributed by atoms with van der Waals surface area (Å²) in [6.45, 7) is 50.3. The van der Waals surface area contributed by atoms with Gasteiger partial charge in [-0.15, -0.1) is 0 Å². The van der Waals surface area contributed by atoms with Crippen LogP contribution in [-0.4, -0.2) is 158 Å². The quantitative estimate of drug-likeness (QED) is 0.0638. The number of carboxylic acid groups (broad SMARTS) is 1. The van der Waals surface area contributed by atoms with Crippen LogP contribution >= 0.6 is 0 Å². The Balaban J connectivity index is 0.000000203. The minimum absolute atomic E-state index is 0. The molecule has 109 heavy (non-hydrogen) atoms. The van der Waals surface area contributed by atoms with Gasteiger partial charge in [0.1, 0.15) is 13.3 Å². The van der Waals surface area contributed by atoms with Crippen LogP contribution in [0.25, 0.3) is 0 Å². The van der Waals surface area contributed by atoms with E-state index >= 15 is 0 Å². The van der Waals surface area contributed by atoms with Gasteiger partial charge in [-0.2, -0.15) is 0 Å². The molecule has 0 radical (unpaired) electrons. The maximum atomic E-state index is 14.7. The lowest BCUT2D eigenvalue weighted by Gasteiger charge is -2.72. The standard InChI is InChI=1S/C48H79FN2O4SSi.C43H71FN2O4S.CH4/c1-34(2)36-15-22-48(50-25-26-51-27-30-56(53,54)31-28-51)24-23-45(6)38(41(36)48)11-12-40-44(5)18-16-37(43(3,4)39(44)17-19-46(40,45)7)35-13-20-47(33-49,21-14-35)42(52)55-29-32-57(8,9)10;1-29(2)31-12-19-43(45-22-23-46-24-26-51(49,50)27-25-46)21-20-40(6)33(36(31)43)8-9-35-39(5)15-13-32(38(3,4)34(39)14-16-41(35,40)7)30-10-17-42(28-44,18-11-30)37(47)48;/h13,16,36,38-41,50H,1,11-12,14-15,17-33H2,2-10H3;13,29-31,33-36,45H,8-12,14-28H2,1-7H3,(H,47,48);1H4/t36-,38+,39-,40+,41+,44-,45+,46+,47+,48-;30?,31-,33+,34-,35+,36+,39-,40+,41+,42?,43-;/m00./s1. The first kappa shape index (κ1) is 86.1. The SMILES string of the molecule is C.C=C(C)[C@@H]1CC[C@]2(NCCN3CCS(=O)(=O)CC3)CC[C@]3(C)[C@H](CC[C@@H]4[C@@]5(C)CC=C(C6=CC[C@@](CF)(C(=O)OCC[Si](C)(C)C)CC6)C(C)(C)[C@@H]5CC[C@]43C)[C@@H]12.CC(C)[C@@H]1CC[C@]2(NCCN3CCS(=O)(=O)CC3)CC[C@]3(C)[C@H](CC[C@@H]4[C@@]5(C)CC=C(C6CCC(CF)(C(=O)O)CC6)C(C)(C)[C@@H]5CC[C@]43C)[C@@H]12. The number of alkyl halides is 2. The smallest absolute Gasteiger partial charge is 0.315 e. The Morgan fingerprint density at radius 2 is 1.06 bits per heavy atom. The fourth-order valence-electron chi connectivity index (χ4n) is 30.5. The van der Waals surface area contributed by atoms with E-state index in [1.165, 1.54) is 119 Å². The van der Waals surface area contributed by atoms with Crippen molar-refractivity contribution in [3.8, 4) is 0 Å². The normalized spacial score (nSPS) is 44.7. The average molecular weight is 1570 g/mol. The third kappa shape index (κ3) is 14.6. The molecule has 2 aliphatic heterocycles. The van der Waals surface area contributed by atoms with Crippen molar-refractivity contribution in [2.45, 2.75) is 295 Å². The Hall–Kier alpha value is -2.28. The number of nitrogens with one attached hydrogen (secondary N) is 2. The Morgan fingerprint density at radius 1 is 0.578 bits per heavy atom. The summed E-state index contributed by atoms with van der Waals surface area (Å²) in [5, 5.41) is 18.3. The maximum Gasteiger partial charge on any atom is 0.315 e. The summed E-state index contributed by atoms with van der Waals surface area (Å²) in [5.74, 6) is 7.50. The number of rotatable bonds is 19. The summed E-state index contributed by atoms with van der Waals surface area (Å²) < 4.78 is 82.7. The predicted molar refractivity (Wildman–Crippen MR) is 446 cm³/mol. The van der Waals surface area contributed by atoms with Gasteiger partial charge >= 0.3 is 11.9 Å². The molecule has 620 valence electrons. The highest BCUT2D eigenvalue weighted by atomic mass is 32.2. The molecular weight excluding hydrogens is 1420 g/mol. The van der Waals surface area contributed by atoms with Crippen molar-refractivity contribution in [1.82, 2.24) is 20.4 Å². The van der Waals surface area contributed by atoms with Crippen molar-refractivity contribution in [3.05, 3.63) is 47.1 Å². The number of allylic oxidation sites excluding steroid dienone is 7. The van der Waals surface area contributed by atoms with Gasteiger partial charge in [0.25, 0.3) is 0 Å². The molecule has 0 aromatic carbocycles. The van der Waals surface area contributed by atoms with Crippen LogP contribution in [-0.2, 0) is 34.0 Å². The number of sulfone groups is 2. The zero-order valence-electron chi connectivity index (χ0n) is 70.6. The first-order valence-corrected chi connectivity index (χ1v) is 51.4. The van der Waals surface area contributed by atoms with Gasteiger partial charge in [-0.3, -0.25) is 9.59 Å². The minimum atomic E-state index is -2.87. The van der Waals surface area contributed by atoms with E-state index in [1.54, 1.807) is 5.57 Å². The molecule has 0 aromatic rings. The largest absolute Gasteiger partial charge is 0.481 e. The summed E-state index contributed by atoms with van der Waals surface area (Å²) in [6, 6.07) is 0.911. The van der Waals surface area contributed by atoms with Crippen LogP contribution in [0.4, 0.5) is 8.78 Å². The molecule has 3 N–H and O–H groups in total. The Labute approximate surface area is 663 Å². The number of nitrogens with zero attached hydrogens (tertiary/aromatic N) is 2.